The molecule has 1 atom stereocenters. The van der Waals surface area contributed by atoms with Gasteiger partial charge in [0.1, 0.15) is 11.6 Å². The number of aryl methyl sites for hydroxylation is 1. The minimum atomic E-state index is 0.253. The molecule has 1 aromatic heterocycles. The molecule has 0 saturated heterocycles. The molecule has 0 radical (unpaired) electrons. The number of ether oxygens (including phenoxy) is 1. The van der Waals surface area contributed by atoms with E-state index in [1.54, 1.807) is 7.11 Å². The van der Waals surface area contributed by atoms with Gasteiger partial charge in [0.2, 0.25) is 0 Å². The SMILES string of the molecule is CCNC(Cc1nccn1CC)c1cccc(OC)c1. The Bertz CT molecular complexity index is 536. The summed E-state index contributed by atoms with van der Waals surface area (Å²) in [5, 5.41) is 3.53. The van der Waals surface area contributed by atoms with Crippen LogP contribution in [0.25, 0.3) is 0 Å². The molecular formula is C16H23N3O. The Morgan fingerprint density at radius 3 is 2.90 bits per heavy atom. The van der Waals surface area contributed by atoms with Gasteiger partial charge >= 0.3 is 0 Å². The first-order valence-electron chi connectivity index (χ1n) is 7.15. The number of methoxy groups -OCH3 is 1. The lowest BCUT2D eigenvalue weighted by Crippen LogP contribution is -2.24. The van der Waals surface area contributed by atoms with Gasteiger partial charge < -0.3 is 14.6 Å². The Kier molecular flexibility index (Phi) is 5.18. The predicted octanol–water partition coefficient (Wildman–Crippen LogP) is 2.80. The van der Waals surface area contributed by atoms with Gasteiger partial charge in [0.15, 0.2) is 0 Å². The molecule has 20 heavy (non-hydrogen) atoms. The number of likely N-dealkylation sites (N-methyl/N-ethyl adjacent to an activating group) is 1. The van der Waals surface area contributed by atoms with Crippen LogP contribution in [0, 0.1) is 0 Å². The van der Waals surface area contributed by atoms with Gasteiger partial charge in [-0.1, -0.05) is 19.1 Å². The number of nitrogens with zero attached hydrogens (tertiary/aromatic N) is 2. The summed E-state index contributed by atoms with van der Waals surface area (Å²) >= 11 is 0. The first-order valence-corrected chi connectivity index (χ1v) is 7.15. The summed E-state index contributed by atoms with van der Waals surface area (Å²) in [6, 6.07) is 8.48. The fraction of sp³-hybridized carbons (Fsp3) is 0.438. The molecule has 1 N–H and O–H groups in total. The van der Waals surface area contributed by atoms with Crippen LogP contribution in [0.5, 0.6) is 5.75 Å². The first kappa shape index (κ1) is 14.6. The third-order valence-electron chi connectivity index (χ3n) is 3.48. The number of nitrogens with one attached hydrogen (secondary N) is 1. The van der Waals surface area contributed by atoms with Crippen molar-refractivity contribution in [1.82, 2.24) is 14.9 Å². The van der Waals surface area contributed by atoms with E-state index in [0.29, 0.717) is 0 Å². The summed E-state index contributed by atoms with van der Waals surface area (Å²) < 4.78 is 7.50. The van der Waals surface area contributed by atoms with Gasteiger partial charge in [-0.05, 0) is 31.2 Å². The van der Waals surface area contributed by atoms with E-state index in [0.717, 1.165) is 31.1 Å². The van der Waals surface area contributed by atoms with Crippen molar-refractivity contribution in [1.29, 1.82) is 0 Å². The number of benzene rings is 1. The Hall–Kier alpha value is -1.81. The van der Waals surface area contributed by atoms with E-state index in [2.05, 4.69) is 40.8 Å². The maximum absolute atomic E-state index is 5.31. The Morgan fingerprint density at radius 1 is 1.35 bits per heavy atom. The van der Waals surface area contributed by atoms with Crippen molar-refractivity contribution in [2.75, 3.05) is 13.7 Å². The van der Waals surface area contributed by atoms with Crippen LogP contribution in [0.2, 0.25) is 0 Å². The standard InChI is InChI=1S/C16H23N3O/c1-4-17-15(12-16-18-9-10-19(16)5-2)13-7-6-8-14(11-13)20-3/h6-11,15,17H,4-5,12H2,1-3H3. The van der Waals surface area contributed by atoms with Crippen LogP contribution < -0.4 is 10.1 Å². The van der Waals surface area contributed by atoms with E-state index in [1.165, 1.54) is 5.56 Å². The summed E-state index contributed by atoms with van der Waals surface area (Å²) in [4.78, 5) is 4.47. The van der Waals surface area contributed by atoms with Gasteiger partial charge in [-0.2, -0.15) is 0 Å². The van der Waals surface area contributed by atoms with Crippen molar-refractivity contribution in [2.45, 2.75) is 32.9 Å². The average molecular weight is 273 g/mol. The van der Waals surface area contributed by atoms with Crippen LogP contribution in [0.1, 0.15) is 31.3 Å². The zero-order valence-electron chi connectivity index (χ0n) is 12.5. The molecule has 0 spiro atoms. The molecule has 0 saturated carbocycles. The molecular weight excluding hydrogens is 250 g/mol. The lowest BCUT2D eigenvalue weighted by molar-refractivity contribution is 0.412. The summed E-state index contributed by atoms with van der Waals surface area (Å²) in [7, 11) is 1.70. The average Bonchev–Trinajstić information content (AvgIpc) is 2.94. The molecule has 0 aliphatic carbocycles. The molecule has 2 rings (SSSR count). The van der Waals surface area contributed by atoms with Crippen LogP contribution in [-0.2, 0) is 13.0 Å². The molecule has 0 amide bonds. The number of rotatable bonds is 7. The molecule has 0 aliphatic heterocycles. The number of hydrogen-bond donors (Lipinski definition) is 1. The summed E-state index contributed by atoms with van der Waals surface area (Å²) in [5.41, 5.74) is 1.23. The largest absolute Gasteiger partial charge is 0.497 e. The number of imidazole rings is 1. The maximum atomic E-state index is 5.31. The van der Waals surface area contributed by atoms with Crippen LogP contribution >= 0.6 is 0 Å². The van der Waals surface area contributed by atoms with E-state index in [9.17, 15) is 0 Å². The van der Waals surface area contributed by atoms with Gasteiger partial charge in [0.05, 0.1) is 7.11 Å². The molecule has 4 heteroatoms. The quantitative estimate of drug-likeness (QED) is 0.843. The van der Waals surface area contributed by atoms with Crippen molar-refractivity contribution in [3.8, 4) is 5.75 Å². The molecule has 1 unspecified atom stereocenters. The highest BCUT2D eigenvalue weighted by molar-refractivity contribution is 5.31. The monoisotopic (exact) mass is 273 g/mol. The predicted molar refractivity (Wildman–Crippen MR) is 81.0 cm³/mol. The van der Waals surface area contributed by atoms with Crippen molar-refractivity contribution in [3.05, 3.63) is 48.0 Å². The van der Waals surface area contributed by atoms with Crippen molar-refractivity contribution in [2.24, 2.45) is 0 Å². The molecule has 1 heterocycles. The number of hydrogen-bond acceptors (Lipinski definition) is 3. The Balaban J connectivity index is 2.22. The molecule has 0 aliphatic rings. The van der Waals surface area contributed by atoms with Gasteiger partial charge in [-0.25, -0.2) is 4.98 Å². The summed E-state index contributed by atoms with van der Waals surface area (Å²) in [6.45, 7) is 6.14. The highest BCUT2D eigenvalue weighted by atomic mass is 16.5. The van der Waals surface area contributed by atoms with Crippen LogP contribution in [0.15, 0.2) is 36.7 Å². The van der Waals surface area contributed by atoms with Gasteiger partial charge in [-0.15, -0.1) is 0 Å². The zero-order chi connectivity index (χ0) is 14.4. The lowest BCUT2D eigenvalue weighted by atomic mass is 10.0. The van der Waals surface area contributed by atoms with Gasteiger partial charge in [0, 0.05) is 31.4 Å². The zero-order valence-corrected chi connectivity index (χ0v) is 12.5. The highest BCUT2D eigenvalue weighted by Gasteiger charge is 2.14. The Labute approximate surface area is 120 Å². The van der Waals surface area contributed by atoms with Crippen LogP contribution in [0.3, 0.4) is 0 Å². The molecule has 4 nitrogen and oxygen atoms in total. The third kappa shape index (κ3) is 3.39. The smallest absolute Gasteiger partial charge is 0.119 e. The van der Waals surface area contributed by atoms with E-state index in [1.807, 2.05) is 24.5 Å². The summed E-state index contributed by atoms with van der Waals surface area (Å²) in [5.74, 6) is 2.01. The fourth-order valence-electron chi connectivity index (χ4n) is 2.41. The Morgan fingerprint density at radius 2 is 2.20 bits per heavy atom. The van der Waals surface area contributed by atoms with E-state index >= 15 is 0 Å². The molecule has 0 fully saturated rings. The van der Waals surface area contributed by atoms with Crippen LogP contribution in [-0.4, -0.2) is 23.2 Å². The minimum Gasteiger partial charge on any atom is -0.497 e. The van der Waals surface area contributed by atoms with Crippen molar-refractivity contribution < 1.29 is 4.74 Å². The van der Waals surface area contributed by atoms with Gasteiger partial charge in [0.25, 0.3) is 0 Å². The lowest BCUT2D eigenvalue weighted by Gasteiger charge is -2.19. The van der Waals surface area contributed by atoms with E-state index < -0.39 is 0 Å². The number of aromatic nitrogens is 2. The molecule has 0 bridgehead atoms. The molecule has 2 aromatic rings. The van der Waals surface area contributed by atoms with Crippen molar-refractivity contribution >= 4 is 0 Å². The molecule has 108 valence electrons. The minimum absolute atomic E-state index is 0.253. The topological polar surface area (TPSA) is 39.1 Å². The first-order chi connectivity index (χ1) is 9.78. The van der Waals surface area contributed by atoms with Crippen molar-refractivity contribution in [3.63, 3.8) is 0 Å². The van der Waals surface area contributed by atoms with E-state index in [4.69, 9.17) is 4.74 Å². The van der Waals surface area contributed by atoms with E-state index in [-0.39, 0.29) is 6.04 Å². The normalized spacial score (nSPS) is 12.3. The fourth-order valence-corrected chi connectivity index (χ4v) is 2.41. The second kappa shape index (κ2) is 7.10. The maximum Gasteiger partial charge on any atom is 0.119 e. The summed E-state index contributed by atoms with van der Waals surface area (Å²) in [6.07, 6.45) is 4.78. The molecule has 1 aromatic carbocycles. The van der Waals surface area contributed by atoms with Gasteiger partial charge in [-0.3, -0.25) is 0 Å². The second-order valence-corrected chi connectivity index (χ2v) is 4.72. The van der Waals surface area contributed by atoms with Crippen LogP contribution in [0.4, 0.5) is 0 Å². The highest BCUT2D eigenvalue weighted by Crippen LogP contribution is 2.22. The second-order valence-electron chi connectivity index (χ2n) is 4.72. The third-order valence-corrected chi connectivity index (χ3v) is 3.48.